The van der Waals surface area contributed by atoms with Gasteiger partial charge < -0.3 is 0 Å². The fraction of sp³-hybridized carbons (Fsp3) is 0.294. The number of rotatable bonds is 2. The van der Waals surface area contributed by atoms with Gasteiger partial charge in [-0.1, -0.05) is 12.1 Å². The molecule has 1 unspecified atom stereocenters. The number of aryl methyl sites for hydroxylation is 3. The Labute approximate surface area is 129 Å². The molecule has 0 saturated heterocycles. The van der Waals surface area contributed by atoms with E-state index in [0.717, 1.165) is 28.2 Å². The summed E-state index contributed by atoms with van der Waals surface area (Å²) >= 11 is 6.35. The third-order valence-corrected chi connectivity index (χ3v) is 3.82. The third kappa shape index (κ3) is 2.42. The molecule has 21 heavy (non-hydrogen) atoms. The van der Waals surface area contributed by atoms with Crippen LogP contribution in [0.2, 0.25) is 0 Å². The lowest BCUT2D eigenvalue weighted by molar-refractivity contribution is 0.872. The second kappa shape index (κ2) is 5.15. The van der Waals surface area contributed by atoms with Crippen LogP contribution >= 0.6 is 11.6 Å². The Bertz CT molecular complexity index is 818. The van der Waals surface area contributed by atoms with Crippen LogP contribution in [-0.2, 0) is 0 Å². The smallest absolute Gasteiger partial charge is 0.164 e. The van der Waals surface area contributed by atoms with Crippen molar-refractivity contribution in [3.63, 3.8) is 0 Å². The Balaban J connectivity index is 2.39. The molecular formula is C17H18ClN3. The van der Waals surface area contributed by atoms with Gasteiger partial charge in [0.1, 0.15) is 11.3 Å². The summed E-state index contributed by atoms with van der Waals surface area (Å²) in [6, 6.07) is 8.43. The Kier molecular flexibility index (Phi) is 3.46. The highest BCUT2D eigenvalue weighted by atomic mass is 35.5. The second-order valence-electron chi connectivity index (χ2n) is 5.57. The van der Waals surface area contributed by atoms with Gasteiger partial charge in [0, 0.05) is 6.20 Å². The SMILES string of the molecule is Cc1ccc(C)c(-n2c(C(C)Cl)nc3cc(C)cnc32)c1. The molecule has 0 radical (unpaired) electrons. The molecule has 108 valence electrons. The van der Waals surface area contributed by atoms with Crippen LogP contribution in [0.15, 0.2) is 30.5 Å². The van der Waals surface area contributed by atoms with Crippen molar-refractivity contribution in [3.05, 3.63) is 53.0 Å². The van der Waals surface area contributed by atoms with E-state index >= 15 is 0 Å². The number of hydrogen-bond acceptors (Lipinski definition) is 2. The fourth-order valence-corrected chi connectivity index (χ4v) is 2.69. The predicted octanol–water partition coefficient (Wildman–Crippen LogP) is 4.65. The van der Waals surface area contributed by atoms with E-state index in [0.29, 0.717) is 0 Å². The highest BCUT2D eigenvalue weighted by Crippen LogP contribution is 2.29. The van der Waals surface area contributed by atoms with Gasteiger partial charge >= 0.3 is 0 Å². The monoisotopic (exact) mass is 299 g/mol. The van der Waals surface area contributed by atoms with E-state index in [1.165, 1.54) is 11.1 Å². The molecule has 1 atom stereocenters. The van der Waals surface area contributed by atoms with E-state index < -0.39 is 0 Å². The van der Waals surface area contributed by atoms with Crippen LogP contribution in [-0.4, -0.2) is 14.5 Å². The molecule has 0 bridgehead atoms. The van der Waals surface area contributed by atoms with E-state index in [2.05, 4.69) is 46.6 Å². The van der Waals surface area contributed by atoms with Crippen molar-refractivity contribution in [2.45, 2.75) is 33.1 Å². The number of imidazole rings is 1. The number of alkyl halides is 1. The van der Waals surface area contributed by atoms with Crippen molar-refractivity contribution in [2.75, 3.05) is 0 Å². The number of benzene rings is 1. The van der Waals surface area contributed by atoms with Crippen LogP contribution in [0, 0.1) is 20.8 Å². The van der Waals surface area contributed by atoms with E-state index in [9.17, 15) is 0 Å². The number of hydrogen-bond donors (Lipinski definition) is 0. The molecule has 3 nitrogen and oxygen atoms in total. The first kappa shape index (κ1) is 14.1. The van der Waals surface area contributed by atoms with Crippen LogP contribution in [0.3, 0.4) is 0 Å². The molecule has 0 spiro atoms. The Hall–Kier alpha value is -1.87. The summed E-state index contributed by atoms with van der Waals surface area (Å²) < 4.78 is 2.08. The summed E-state index contributed by atoms with van der Waals surface area (Å²) in [6.07, 6.45) is 1.87. The number of halogens is 1. The number of pyridine rings is 1. The lowest BCUT2D eigenvalue weighted by Crippen LogP contribution is -2.05. The molecule has 0 N–H and O–H groups in total. The molecule has 2 aromatic heterocycles. The molecule has 3 aromatic rings. The van der Waals surface area contributed by atoms with Crippen molar-refractivity contribution < 1.29 is 0 Å². The molecule has 2 heterocycles. The maximum absolute atomic E-state index is 6.35. The minimum atomic E-state index is -0.181. The topological polar surface area (TPSA) is 30.7 Å². The van der Waals surface area contributed by atoms with E-state index in [1.807, 2.05) is 26.1 Å². The molecule has 1 aromatic carbocycles. The maximum atomic E-state index is 6.35. The van der Waals surface area contributed by atoms with Gasteiger partial charge in [-0.3, -0.25) is 4.57 Å². The van der Waals surface area contributed by atoms with E-state index in [1.54, 1.807) is 0 Å². The van der Waals surface area contributed by atoms with Gasteiger partial charge in [0.05, 0.1) is 11.1 Å². The van der Waals surface area contributed by atoms with E-state index in [4.69, 9.17) is 11.6 Å². The van der Waals surface area contributed by atoms with Gasteiger partial charge in [-0.15, -0.1) is 11.6 Å². The lowest BCUT2D eigenvalue weighted by Gasteiger charge is -2.13. The molecule has 4 heteroatoms. The van der Waals surface area contributed by atoms with Gasteiger partial charge in [0.15, 0.2) is 5.65 Å². The zero-order chi connectivity index (χ0) is 15.1. The molecule has 0 fully saturated rings. The number of fused-ring (bicyclic) bond motifs is 1. The first-order valence-corrected chi connectivity index (χ1v) is 7.47. The van der Waals surface area contributed by atoms with Crippen molar-refractivity contribution in [3.8, 4) is 5.69 Å². The van der Waals surface area contributed by atoms with Gasteiger partial charge in [0.2, 0.25) is 0 Å². The fourth-order valence-electron chi connectivity index (χ4n) is 2.55. The summed E-state index contributed by atoms with van der Waals surface area (Å²) in [5.74, 6) is 0.832. The average molecular weight is 300 g/mol. The molecule has 0 amide bonds. The highest BCUT2D eigenvalue weighted by Gasteiger charge is 2.18. The Morgan fingerprint density at radius 2 is 1.86 bits per heavy atom. The highest BCUT2D eigenvalue weighted by molar-refractivity contribution is 6.20. The summed E-state index contributed by atoms with van der Waals surface area (Å²) in [7, 11) is 0. The molecule has 3 rings (SSSR count). The molecular weight excluding hydrogens is 282 g/mol. The Morgan fingerprint density at radius 1 is 1.10 bits per heavy atom. The molecule has 0 aliphatic carbocycles. The zero-order valence-electron chi connectivity index (χ0n) is 12.7. The second-order valence-corrected chi connectivity index (χ2v) is 6.22. The van der Waals surface area contributed by atoms with Crippen LogP contribution in [0.25, 0.3) is 16.9 Å². The van der Waals surface area contributed by atoms with Crippen molar-refractivity contribution >= 4 is 22.8 Å². The Morgan fingerprint density at radius 3 is 2.57 bits per heavy atom. The van der Waals surface area contributed by atoms with Gasteiger partial charge in [-0.05, 0) is 56.5 Å². The largest absolute Gasteiger partial charge is 0.279 e. The molecule has 0 saturated carbocycles. The van der Waals surface area contributed by atoms with Crippen molar-refractivity contribution in [1.82, 2.24) is 14.5 Å². The number of nitrogens with zero attached hydrogens (tertiary/aromatic N) is 3. The van der Waals surface area contributed by atoms with E-state index in [-0.39, 0.29) is 5.38 Å². The maximum Gasteiger partial charge on any atom is 0.164 e. The third-order valence-electron chi connectivity index (χ3n) is 3.62. The first-order valence-electron chi connectivity index (χ1n) is 7.04. The summed E-state index contributed by atoms with van der Waals surface area (Å²) in [5, 5.41) is -0.181. The zero-order valence-corrected chi connectivity index (χ0v) is 13.4. The van der Waals surface area contributed by atoms with Crippen LogP contribution in [0.4, 0.5) is 0 Å². The van der Waals surface area contributed by atoms with Gasteiger partial charge in [-0.25, -0.2) is 9.97 Å². The molecule has 0 aliphatic heterocycles. The van der Waals surface area contributed by atoms with Crippen LogP contribution in [0.1, 0.15) is 34.8 Å². The van der Waals surface area contributed by atoms with Crippen LogP contribution in [0.5, 0.6) is 0 Å². The molecule has 0 aliphatic rings. The first-order chi connectivity index (χ1) is 9.97. The van der Waals surface area contributed by atoms with Gasteiger partial charge in [0.25, 0.3) is 0 Å². The van der Waals surface area contributed by atoms with Crippen molar-refractivity contribution in [2.24, 2.45) is 0 Å². The van der Waals surface area contributed by atoms with Crippen molar-refractivity contribution in [1.29, 1.82) is 0 Å². The average Bonchev–Trinajstić information content (AvgIpc) is 2.80. The summed E-state index contributed by atoms with van der Waals surface area (Å²) in [5.41, 5.74) is 6.33. The summed E-state index contributed by atoms with van der Waals surface area (Å²) in [4.78, 5) is 9.26. The standard InChI is InChI=1S/C17H18ClN3/c1-10-5-6-12(3)15(8-10)21-16(13(4)18)20-14-7-11(2)9-19-17(14)21/h5-9,13H,1-4H3. The minimum Gasteiger partial charge on any atom is -0.279 e. The number of aromatic nitrogens is 3. The quantitative estimate of drug-likeness (QED) is 0.645. The summed E-state index contributed by atoms with van der Waals surface area (Å²) in [6.45, 7) is 8.14. The lowest BCUT2D eigenvalue weighted by atomic mass is 10.1. The van der Waals surface area contributed by atoms with Crippen LogP contribution < -0.4 is 0 Å². The normalized spacial score (nSPS) is 12.8. The predicted molar refractivity (Wildman–Crippen MR) is 87.3 cm³/mol. The van der Waals surface area contributed by atoms with Gasteiger partial charge in [-0.2, -0.15) is 0 Å². The minimum absolute atomic E-state index is 0.181.